The summed E-state index contributed by atoms with van der Waals surface area (Å²) in [5.74, 6) is 0.908. The molecular formula is C12H11BrN2O. The molecule has 3 rings (SSSR count). The van der Waals surface area contributed by atoms with Crippen LogP contribution in [0.1, 0.15) is 11.7 Å². The first kappa shape index (κ1) is 9.78. The van der Waals surface area contributed by atoms with Crippen LogP contribution in [-0.4, -0.2) is 11.6 Å². The molecule has 0 fully saturated rings. The van der Waals surface area contributed by atoms with Crippen molar-refractivity contribution in [2.45, 2.75) is 6.04 Å². The monoisotopic (exact) mass is 278 g/mol. The molecule has 0 amide bonds. The minimum Gasteiger partial charge on any atom is -0.489 e. The number of benzene rings is 1. The van der Waals surface area contributed by atoms with Crippen molar-refractivity contribution in [3.8, 4) is 5.75 Å². The number of anilines is 1. The number of nitrogens with one attached hydrogen (secondary N) is 2. The summed E-state index contributed by atoms with van der Waals surface area (Å²) in [6, 6.07) is 10.2. The summed E-state index contributed by atoms with van der Waals surface area (Å²) in [4.78, 5) is 3.20. The van der Waals surface area contributed by atoms with Crippen LogP contribution in [0.2, 0.25) is 0 Å². The van der Waals surface area contributed by atoms with Crippen LogP contribution >= 0.6 is 15.9 Å². The standard InChI is InChI=1S/C12H11BrN2O/c13-8-3-4-12-10(6-8)15-11(7-16-12)9-2-1-5-14-9/h1-6,11,14-15H,7H2. The normalized spacial score (nSPS) is 18.4. The van der Waals surface area contributed by atoms with Crippen LogP contribution in [0.5, 0.6) is 5.75 Å². The number of H-pyrrole nitrogens is 1. The summed E-state index contributed by atoms with van der Waals surface area (Å²) in [5, 5.41) is 3.45. The fraction of sp³-hybridized carbons (Fsp3) is 0.167. The number of hydrogen-bond donors (Lipinski definition) is 2. The van der Waals surface area contributed by atoms with E-state index in [4.69, 9.17) is 4.74 Å². The van der Waals surface area contributed by atoms with Crippen LogP contribution in [0.15, 0.2) is 41.0 Å². The molecule has 0 aliphatic carbocycles. The zero-order valence-corrected chi connectivity index (χ0v) is 10.1. The highest BCUT2D eigenvalue weighted by molar-refractivity contribution is 9.10. The summed E-state index contributed by atoms with van der Waals surface area (Å²) < 4.78 is 6.76. The number of ether oxygens (including phenoxy) is 1. The van der Waals surface area contributed by atoms with Crippen molar-refractivity contribution in [2.75, 3.05) is 11.9 Å². The van der Waals surface area contributed by atoms with Crippen LogP contribution in [0.4, 0.5) is 5.69 Å². The predicted octanol–water partition coefficient (Wildman–Crippen LogP) is 3.32. The van der Waals surface area contributed by atoms with E-state index in [0.717, 1.165) is 21.6 Å². The number of rotatable bonds is 1. The highest BCUT2D eigenvalue weighted by Crippen LogP contribution is 2.35. The molecule has 1 aliphatic heterocycles. The Morgan fingerprint density at radius 1 is 1.31 bits per heavy atom. The highest BCUT2D eigenvalue weighted by Gasteiger charge is 2.20. The molecule has 3 nitrogen and oxygen atoms in total. The molecule has 0 radical (unpaired) electrons. The van der Waals surface area contributed by atoms with Gasteiger partial charge in [0.25, 0.3) is 0 Å². The summed E-state index contributed by atoms with van der Waals surface area (Å²) in [6.45, 7) is 0.648. The number of hydrogen-bond acceptors (Lipinski definition) is 2. The maximum absolute atomic E-state index is 5.71. The van der Waals surface area contributed by atoms with E-state index in [-0.39, 0.29) is 6.04 Å². The van der Waals surface area contributed by atoms with Gasteiger partial charge in [0.15, 0.2) is 0 Å². The van der Waals surface area contributed by atoms with Gasteiger partial charge in [-0.05, 0) is 30.3 Å². The lowest BCUT2D eigenvalue weighted by Crippen LogP contribution is -2.24. The third-order valence-electron chi connectivity index (χ3n) is 2.67. The quantitative estimate of drug-likeness (QED) is 0.840. The van der Waals surface area contributed by atoms with Crippen molar-refractivity contribution in [1.29, 1.82) is 0 Å². The Morgan fingerprint density at radius 2 is 2.25 bits per heavy atom. The van der Waals surface area contributed by atoms with Crippen LogP contribution in [0.25, 0.3) is 0 Å². The van der Waals surface area contributed by atoms with E-state index in [2.05, 4.69) is 32.3 Å². The van der Waals surface area contributed by atoms with Crippen LogP contribution < -0.4 is 10.1 Å². The Hall–Kier alpha value is -1.42. The van der Waals surface area contributed by atoms with Crippen LogP contribution in [0.3, 0.4) is 0 Å². The third-order valence-corrected chi connectivity index (χ3v) is 3.17. The second kappa shape index (κ2) is 3.87. The van der Waals surface area contributed by atoms with E-state index in [1.54, 1.807) is 0 Å². The Bertz CT molecular complexity index is 496. The first-order valence-corrected chi connectivity index (χ1v) is 5.94. The number of aromatic amines is 1. The maximum atomic E-state index is 5.71. The van der Waals surface area contributed by atoms with Gasteiger partial charge in [-0.15, -0.1) is 0 Å². The topological polar surface area (TPSA) is 37.0 Å². The second-order valence-electron chi connectivity index (χ2n) is 3.77. The largest absolute Gasteiger partial charge is 0.489 e. The van der Waals surface area contributed by atoms with Gasteiger partial charge in [-0.25, -0.2) is 0 Å². The van der Waals surface area contributed by atoms with Gasteiger partial charge < -0.3 is 15.0 Å². The Balaban J connectivity index is 1.91. The van der Waals surface area contributed by atoms with E-state index in [1.807, 2.05) is 30.5 Å². The lowest BCUT2D eigenvalue weighted by Gasteiger charge is -2.27. The molecular weight excluding hydrogens is 268 g/mol. The third kappa shape index (κ3) is 1.69. The molecule has 0 spiro atoms. The van der Waals surface area contributed by atoms with Crippen molar-refractivity contribution in [1.82, 2.24) is 4.98 Å². The molecule has 1 aromatic heterocycles. The second-order valence-corrected chi connectivity index (χ2v) is 4.69. The van der Waals surface area contributed by atoms with Gasteiger partial charge in [-0.1, -0.05) is 15.9 Å². The van der Waals surface area contributed by atoms with Gasteiger partial charge >= 0.3 is 0 Å². The lowest BCUT2D eigenvalue weighted by atomic mass is 10.1. The van der Waals surface area contributed by atoms with E-state index in [1.165, 1.54) is 0 Å². The molecule has 0 saturated carbocycles. The Morgan fingerprint density at radius 3 is 3.06 bits per heavy atom. The smallest absolute Gasteiger partial charge is 0.142 e. The zero-order valence-electron chi connectivity index (χ0n) is 8.53. The van der Waals surface area contributed by atoms with Crippen LogP contribution in [0, 0.1) is 0 Å². The number of halogens is 1. The minimum absolute atomic E-state index is 0.191. The summed E-state index contributed by atoms with van der Waals surface area (Å²) in [5.41, 5.74) is 2.17. The minimum atomic E-state index is 0.191. The average Bonchev–Trinajstić information content (AvgIpc) is 2.81. The SMILES string of the molecule is Brc1ccc2c(c1)NC(c1ccc[nH]1)CO2. The fourth-order valence-electron chi connectivity index (χ4n) is 1.87. The summed E-state index contributed by atoms with van der Waals surface area (Å²) >= 11 is 3.46. The van der Waals surface area contributed by atoms with Crippen molar-refractivity contribution in [3.05, 3.63) is 46.7 Å². The lowest BCUT2D eigenvalue weighted by molar-refractivity contribution is 0.284. The highest BCUT2D eigenvalue weighted by atomic mass is 79.9. The molecule has 2 aromatic rings. The maximum Gasteiger partial charge on any atom is 0.142 e. The molecule has 2 N–H and O–H groups in total. The molecule has 1 aliphatic rings. The van der Waals surface area contributed by atoms with E-state index >= 15 is 0 Å². The van der Waals surface area contributed by atoms with E-state index < -0.39 is 0 Å². The molecule has 82 valence electrons. The van der Waals surface area contributed by atoms with Crippen LogP contribution in [-0.2, 0) is 0 Å². The average molecular weight is 279 g/mol. The number of aromatic nitrogens is 1. The first-order valence-electron chi connectivity index (χ1n) is 5.15. The summed E-state index contributed by atoms with van der Waals surface area (Å²) in [7, 11) is 0. The van der Waals surface area contributed by atoms with Crippen molar-refractivity contribution in [2.24, 2.45) is 0 Å². The van der Waals surface area contributed by atoms with E-state index in [9.17, 15) is 0 Å². The molecule has 1 unspecified atom stereocenters. The first-order chi connectivity index (χ1) is 7.83. The predicted molar refractivity (Wildman–Crippen MR) is 66.8 cm³/mol. The number of fused-ring (bicyclic) bond motifs is 1. The Kier molecular flexibility index (Phi) is 2.36. The zero-order chi connectivity index (χ0) is 11.0. The Labute approximate surface area is 102 Å². The molecule has 4 heteroatoms. The molecule has 1 aromatic carbocycles. The van der Waals surface area contributed by atoms with Gasteiger partial charge in [-0.2, -0.15) is 0 Å². The van der Waals surface area contributed by atoms with Gasteiger partial charge in [0.2, 0.25) is 0 Å². The van der Waals surface area contributed by atoms with E-state index in [0.29, 0.717) is 6.61 Å². The fourth-order valence-corrected chi connectivity index (χ4v) is 2.23. The van der Waals surface area contributed by atoms with Crippen molar-refractivity contribution >= 4 is 21.6 Å². The van der Waals surface area contributed by atoms with Gasteiger partial charge in [-0.3, -0.25) is 0 Å². The molecule has 1 atom stereocenters. The van der Waals surface area contributed by atoms with Gasteiger partial charge in [0, 0.05) is 16.4 Å². The molecule has 0 bridgehead atoms. The molecule has 0 saturated heterocycles. The molecule has 2 heterocycles. The van der Waals surface area contributed by atoms with Crippen molar-refractivity contribution < 1.29 is 4.74 Å². The van der Waals surface area contributed by atoms with Gasteiger partial charge in [0.05, 0.1) is 5.69 Å². The van der Waals surface area contributed by atoms with Crippen molar-refractivity contribution in [3.63, 3.8) is 0 Å². The molecule has 16 heavy (non-hydrogen) atoms. The summed E-state index contributed by atoms with van der Waals surface area (Å²) in [6.07, 6.45) is 1.92. The van der Waals surface area contributed by atoms with Gasteiger partial charge in [0.1, 0.15) is 18.4 Å².